The van der Waals surface area contributed by atoms with Gasteiger partial charge < -0.3 is 9.84 Å². The molecule has 118 valence electrons. The van der Waals surface area contributed by atoms with Gasteiger partial charge in [0.05, 0.1) is 10.5 Å². The molecular formula is C14H21NO5S. The number of nitrogens with one attached hydrogen (secondary N) is 1. The molecule has 0 spiro atoms. The topological polar surface area (TPSA) is 92.7 Å². The largest absolute Gasteiger partial charge is 0.478 e. The second-order valence-corrected chi connectivity index (χ2v) is 6.32. The number of carboxylic acids is 1. The third-order valence-electron chi connectivity index (χ3n) is 2.79. The van der Waals surface area contributed by atoms with Crippen LogP contribution in [0.4, 0.5) is 0 Å². The summed E-state index contributed by atoms with van der Waals surface area (Å²) < 4.78 is 31.8. The number of ether oxygens (including phenoxy) is 1. The molecule has 21 heavy (non-hydrogen) atoms. The van der Waals surface area contributed by atoms with Crippen LogP contribution in [-0.2, 0) is 14.8 Å². The van der Waals surface area contributed by atoms with E-state index in [2.05, 4.69) is 11.6 Å². The molecule has 0 fully saturated rings. The average molecular weight is 315 g/mol. The zero-order valence-electron chi connectivity index (χ0n) is 12.0. The lowest BCUT2D eigenvalue weighted by Crippen LogP contribution is -2.25. The Hall–Kier alpha value is -1.44. The van der Waals surface area contributed by atoms with Gasteiger partial charge in [0.15, 0.2) is 0 Å². The van der Waals surface area contributed by atoms with E-state index in [4.69, 9.17) is 9.84 Å². The lowest BCUT2D eigenvalue weighted by atomic mass is 10.2. The van der Waals surface area contributed by atoms with Crippen molar-refractivity contribution in [2.75, 3.05) is 19.8 Å². The highest BCUT2D eigenvalue weighted by Gasteiger charge is 2.15. The van der Waals surface area contributed by atoms with Crippen LogP contribution in [0.5, 0.6) is 0 Å². The van der Waals surface area contributed by atoms with Gasteiger partial charge in [-0.15, -0.1) is 0 Å². The van der Waals surface area contributed by atoms with E-state index in [9.17, 15) is 13.2 Å². The summed E-state index contributed by atoms with van der Waals surface area (Å²) in [5, 5.41) is 8.86. The molecule has 1 rings (SSSR count). The predicted octanol–water partition coefficient (Wildman–Crippen LogP) is 1.87. The van der Waals surface area contributed by atoms with Gasteiger partial charge in [-0.2, -0.15) is 0 Å². The van der Waals surface area contributed by atoms with Gasteiger partial charge in [-0.05, 0) is 31.0 Å². The summed E-state index contributed by atoms with van der Waals surface area (Å²) in [6.07, 6.45) is 2.63. The molecule has 7 heteroatoms. The van der Waals surface area contributed by atoms with E-state index in [1.54, 1.807) is 0 Å². The van der Waals surface area contributed by atoms with Gasteiger partial charge in [0.25, 0.3) is 0 Å². The number of rotatable bonds is 10. The Balaban J connectivity index is 2.46. The Morgan fingerprint density at radius 1 is 1.29 bits per heavy atom. The van der Waals surface area contributed by atoms with E-state index in [-0.39, 0.29) is 17.0 Å². The lowest BCUT2D eigenvalue weighted by molar-refractivity contribution is 0.0696. The monoisotopic (exact) mass is 315 g/mol. The molecule has 0 atom stereocenters. The molecular weight excluding hydrogens is 294 g/mol. The molecule has 0 unspecified atom stereocenters. The molecule has 0 aromatic heterocycles. The minimum Gasteiger partial charge on any atom is -0.478 e. The second-order valence-electron chi connectivity index (χ2n) is 4.55. The first-order valence-electron chi connectivity index (χ1n) is 6.88. The maximum absolute atomic E-state index is 12.0. The van der Waals surface area contributed by atoms with Crippen molar-refractivity contribution in [1.82, 2.24) is 4.72 Å². The maximum atomic E-state index is 12.0. The van der Waals surface area contributed by atoms with E-state index in [1.807, 2.05) is 0 Å². The molecule has 0 aliphatic rings. The van der Waals surface area contributed by atoms with Crippen molar-refractivity contribution in [3.8, 4) is 0 Å². The molecule has 0 radical (unpaired) electrons. The predicted molar refractivity (Wildman–Crippen MR) is 78.9 cm³/mol. The van der Waals surface area contributed by atoms with E-state index in [0.29, 0.717) is 19.6 Å². The fourth-order valence-electron chi connectivity index (χ4n) is 1.61. The Bertz CT molecular complexity index is 556. The first kappa shape index (κ1) is 17.6. The Morgan fingerprint density at radius 3 is 2.67 bits per heavy atom. The van der Waals surface area contributed by atoms with Crippen LogP contribution in [0.1, 0.15) is 36.5 Å². The summed E-state index contributed by atoms with van der Waals surface area (Å²) in [5.74, 6) is -1.16. The zero-order valence-corrected chi connectivity index (χ0v) is 12.9. The molecule has 6 nitrogen and oxygen atoms in total. The zero-order chi connectivity index (χ0) is 15.7. The van der Waals surface area contributed by atoms with Gasteiger partial charge in [-0.25, -0.2) is 17.9 Å². The molecule has 1 aromatic carbocycles. The average Bonchev–Trinajstić information content (AvgIpc) is 2.46. The molecule has 0 aliphatic heterocycles. The van der Waals surface area contributed by atoms with Gasteiger partial charge in [-0.3, -0.25) is 0 Å². The standard InChI is InChI=1S/C14H21NO5S/c1-2-3-9-20-10-5-8-15-21(18,19)13-7-4-6-12(11-13)14(16)17/h4,6-7,11,15H,2-3,5,8-10H2,1H3,(H,16,17). The van der Waals surface area contributed by atoms with Crippen LogP contribution in [0.25, 0.3) is 0 Å². The Morgan fingerprint density at radius 2 is 2.00 bits per heavy atom. The van der Waals surface area contributed by atoms with Gasteiger partial charge >= 0.3 is 5.97 Å². The van der Waals surface area contributed by atoms with E-state index in [0.717, 1.165) is 18.9 Å². The SMILES string of the molecule is CCCCOCCCNS(=O)(=O)c1cccc(C(=O)O)c1. The van der Waals surface area contributed by atoms with Crippen molar-refractivity contribution >= 4 is 16.0 Å². The summed E-state index contributed by atoms with van der Waals surface area (Å²) in [5.41, 5.74) is -0.0548. The van der Waals surface area contributed by atoms with Crippen LogP contribution in [-0.4, -0.2) is 39.3 Å². The van der Waals surface area contributed by atoms with Gasteiger partial charge in [-0.1, -0.05) is 19.4 Å². The fourth-order valence-corrected chi connectivity index (χ4v) is 2.73. The van der Waals surface area contributed by atoms with Gasteiger partial charge in [0.2, 0.25) is 10.0 Å². The van der Waals surface area contributed by atoms with Crippen molar-refractivity contribution in [1.29, 1.82) is 0 Å². The number of sulfonamides is 1. The quantitative estimate of drug-likeness (QED) is 0.643. The van der Waals surface area contributed by atoms with E-state index in [1.165, 1.54) is 18.2 Å². The fraction of sp³-hybridized carbons (Fsp3) is 0.500. The highest BCUT2D eigenvalue weighted by Crippen LogP contribution is 2.11. The summed E-state index contributed by atoms with van der Waals surface area (Å²) in [6, 6.07) is 5.27. The number of benzene rings is 1. The van der Waals surface area contributed by atoms with Crippen molar-refractivity contribution in [3.05, 3.63) is 29.8 Å². The van der Waals surface area contributed by atoms with Crippen LogP contribution >= 0.6 is 0 Å². The summed E-state index contributed by atoms with van der Waals surface area (Å²) in [4.78, 5) is 10.8. The highest BCUT2D eigenvalue weighted by atomic mass is 32.2. The van der Waals surface area contributed by atoms with Crippen molar-refractivity contribution < 1.29 is 23.1 Å². The third-order valence-corrected chi connectivity index (χ3v) is 4.25. The number of aromatic carboxylic acids is 1. The number of hydrogen-bond donors (Lipinski definition) is 2. The smallest absolute Gasteiger partial charge is 0.335 e. The summed E-state index contributed by atoms with van der Waals surface area (Å²) in [6.45, 7) is 3.51. The van der Waals surface area contributed by atoms with Crippen molar-refractivity contribution in [3.63, 3.8) is 0 Å². The normalized spacial score (nSPS) is 11.5. The molecule has 0 aliphatic carbocycles. The molecule has 0 saturated carbocycles. The molecule has 2 N–H and O–H groups in total. The molecule has 0 bridgehead atoms. The number of unbranched alkanes of at least 4 members (excludes halogenated alkanes) is 1. The minimum absolute atomic E-state index is 0.0469. The number of carboxylic acid groups (broad SMARTS) is 1. The summed E-state index contributed by atoms with van der Waals surface area (Å²) in [7, 11) is -3.68. The lowest BCUT2D eigenvalue weighted by Gasteiger charge is -2.08. The summed E-state index contributed by atoms with van der Waals surface area (Å²) >= 11 is 0. The van der Waals surface area contributed by atoms with Crippen LogP contribution in [0.15, 0.2) is 29.2 Å². The number of hydrogen-bond acceptors (Lipinski definition) is 4. The maximum Gasteiger partial charge on any atom is 0.335 e. The highest BCUT2D eigenvalue weighted by molar-refractivity contribution is 7.89. The first-order chi connectivity index (χ1) is 9.97. The Labute approximate surface area is 125 Å². The van der Waals surface area contributed by atoms with Crippen LogP contribution in [0, 0.1) is 0 Å². The first-order valence-corrected chi connectivity index (χ1v) is 8.36. The van der Waals surface area contributed by atoms with Gasteiger partial charge in [0.1, 0.15) is 0 Å². The van der Waals surface area contributed by atoms with Gasteiger partial charge in [0, 0.05) is 19.8 Å². The van der Waals surface area contributed by atoms with E-state index < -0.39 is 16.0 Å². The number of carbonyl (C=O) groups is 1. The third kappa shape index (κ3) is 6.24. The molecule has 0 heterocycles. The molecule has 1 aromatic rings. The van der Waals surface area contributed by atoms with Crippen molar-refractivity contribution in [2.24, 2.45) is 0 Å². The second kappa shape index (κ2) is 8.76. The van der Waals surface area contributed by atoms with Crippen LogP contribution in [0.3, 0.4) is 0 Å². The minimum atomic E-state index is -3.68. The molecule has 0 amide bonds. The van der Waals surface area contributed by atoms with Crippen LogP contribution in [0.2, 0.25) is 0 Å². The van der Waals surface area contributed by atoms with Crippen molar-refractivity contribution in [2.45, 2.75) is 31.1 Å². The van der Waals surface area contributed by atoms with E-state index >= 15 is 0 Å². The molecule has 0 saturated heterocycles. The van der Waals surface area contributed by atoms with Crippen LogP contribution < -0.4 is 4.72 Å². The Kier molecular flexibility index (Phi) is 7.35.